The second-order valence-electron chi connectivity index (χ2n) is 8.00. The molecule has 5 rings (SSSR count). The Bertz CT molecular complexity index is 1700. The van der Waals surface area contributed by atoms with Crippen molar-refractivity contribution in [3.05, 3.63) is 95.7 Å². The van der Waals surface area contributed by atoms with Crippen LogP contribution in [0.4, 0.5) is 11.4 Å². The number of hydrogen-bond donors (Lipinski definition) is 3. The van der Waals surface area contributed by atoms with Gasteiger partial charge in [-0.05, 0) is 98.6 Å². The van der Waals surface area contributed by atoms with E-state index in [4.69, 9.17) is 4.98 Å². The maximum Gasteiger partial charge on any atom is 0.138 e. The van der Waals surface area contributed by atoms with E-state index in [1.54, 1.807) is 36.7 Å². The van der Waals surface area contributed by atoms with Gasteiger partial charge < -0.3 is 15.2 Å². The average molecular weight is 748 g/mol. The van der Waals surface area contributed by atoms with Crippen LogP contribution in [0.1, 0.15) is 11.1 Å². The third-order valence-electron chi connectivity index (χ3n) is 5.43. The van der Waals surface area contributed by atoms with Crippen LogP contribution in [-0.2, 0) is 0 Å². The van der Waals surface area contributed by atoms with Crippen molar-refractivity contribution in [2.24, 2.45) is 9.98 Å². The second-order valence-corrected chi connectivity index (χ2v) is 11.5. The van der Waals surface area contributed by atoms with E-state index in [-0.39, 0.29) is 11.5 Å². The lowest BCUT2D eigenvalue weighted by Gasteiger charge is -2.03. The van der Waals surface area contributed by atoms with E-state index < -0.39 is 0 Å². The van der Waals surface area contributed by atoms with Gasteiger partial charge in [-0.25, -0.2) is 4.98 Å². The van der Waals surface area contributed by atoms with Crippen molar-refractivity contribution in [1.82, 2.24) is 9.97 Å². The van der Waals surface area contributed by atoms with E-state index in [1.165, 1.54) is 0 Å². The highest BCUT2D eigenvalue weighted by Crippen LogP contribution is 2.33. The zero-order chi connectivity index (χ0) is 26.1. The van der Waals surface area contributed by atoms with Crippen LogP contribution in [0.15, 0.2) is 94.6 Å². The van der Waals surface area contributed by atoms with Crippen molar-refractivity contribution in [2.75, 3.05) is 0 Å². The molecule has 0 spiro atoms. The van der Waals surface area contributed by atoms with Crippen molar-refractivity contribution in [2.45, 2.75) is 0 Å². The molecular weight excluding hydrogens is 732 g/mol. The van der Waals surface area contributed by atoms with Crippen LogP contribution in [0.2, 0.25) is 0 Å². The molecule has 0 aliphatic heterocycles. The van der Waals surface area contributed by atoms with Crippen LogP contribution < -0.4 is 0 Å². The molecule has 0 fully saturated rings. The number of benzene rings is 4. The fraction of sp³-hybridized carbons (Fsp3) is 0. The van der Waals surface area contributed by atoms with Crippen molar-refractivity contribution < 1.29 is 10.2 Å². The number of nitrogens with zero attached hydrogens (tertiary/aromatic N) is 3. The summed E-state index contributed by atoms with van der Waals surface area (Å²) in [5, 5.41) is 20.5. The first kappa shape index (κ1) is 25.8. The Morgan fingerprint density at radius 2 is 1.22 bits per heavy atom. The number of phenolic OH excluding ortho intramolecular Hbond substituents is 2. The molecule has 3 N–H and O–H groups in total. The Kier molecular flexibility index (Phi) is 7.62. The van der Waals surface area contributed by atoms with Gasteiger partial charge in [-0.15, -0.1) is 0 Å². The van der Waals surface area contributed by atoms with Gasteiger partial charge in [-0.2, -0.15) is 0 Å². The Balaban J connectivity index is 1.36. The molecule has 0 saturated heterocycles. The monoisotopic (exact) mass is 744 g/mol. The number of aliphatic imine (C=N–C) groups is 2. The zero-order valence-corrected chi connectivity index (χ0v) is 25.1. The molecule has 0 atom stereocenters. The van der Waals surface area contributed by atoms with Crippen molar-refractivity contribution in [3.8, 4) is 22.9 Å². The van der Waals surface area contributed by atoms with Gasteiger partial charge in [0.05, 0.1) is 31.4 Å². The van der Waals surface area contributed by atoms with Crippen LogP contribution in [-0.4, -0.2) is 32.6 Å². The summed E-state index contributed by atoms with van der Waals surface area (Å²) in [4.78, 5) is 17.0. The maximum absolute atomic E-state index is 10.2. The molecular formula is C27H16Br4N4O2. The fourth-order valence-corrected chi connectivity index (χ4v) is 6.09. The van der Waals surface area contributed by atoms with Gasteiger partial charge in [0.2, 0.25) is 0 Å². The van der Waals surface area contributed by atoms with Crippen LogP contribution in [0.25, 0.3) is 22.4 Å². The molecule has 184 valence electrons. The lowest BCUT2D eigenvalue weighted by Crippen LogP contribution is -1.84. The van der Waals surface area contributed by atoms with E-state index in [1.807, 2.05) is 42.5 Å². The Morgan fingerprint density at radius 1 is 0.676 bits per heavy atom. The Labute approximate surface area is 245 Å². The van der Waals surface area contributed by atoms with Crippen LogP contribution in [0.3, 0.4) is 0 Å². The van der Waals surface area contributed by atoms with Crippen molar-refractivity contribution >= 4 is 98.6 Å². The summed E-state index contributed by atoms with van der Waals surface area (Å²) in [7, 11) is 0. The number of aromatic hydroxyl groups is 2. The molecule has 1 heterocycles. The van der Waals surface area contributed by atoms with Crippen LogP contribution in [0, 0.1) is 0 Å². The molecule has 0 unspecified atom stereocenters. The van der Waals surface area contributed by atoms with Gasteiger partial charge in [-0.3, -0.25) is 9.98 Å². The van der Waals surface area contributed by atoms with Gasteiger partial charge in [0, 0.05) is 38.1 Å². The standard InChI is InChI=1S/C27H16Br4N4O2/c28-17-7-15(25(36)21(30)9-17)12-32-19-3-1-14(2-4-19)27-34-23-6-5-20(11-24(23)35-27)33-13-16-8-18(29)10-22(31)26(16)37/h1-13,36-37H,(H,34,35). The molecule has 5 aromatic rings. The van der Waals surface area contributed by atoms with Gasteiger partial charge in [0.25, 0.3) is 0 Å². The molecule has 0 bridgehead atoms. The minimum absolute atomic E-state index is 0.131. The number of aromatic nitrogens is 2. The lowest BCUT2D eigenvalue weighted by molar-refractivity contribution is 0.470. The number of phenols is 2. The number of nitrogens with one attached hydrogen (secondary N) is 1. The van der Waals surface area contributed by atoms with Crippen molar-refractivity contribution in [1.29, 1.82) is 0 Å². The summed E-state index contributed by atoms with van der Waals surface area (Å²) in [6.45, 7) is 0. The number of H-pyrrole nitrogens is 1. The molecule has 0 aliphatic rings. The highest BCUT2D eigenvalue weighted by atomic mass is 79.9. The molecule has 1 aromatic heterocycles. The number of halogens is 4. The van der Waals surface area contributed by atoms with Gasteiger partial charge in [0.1, 0.15) is 17.3 Å². The minimum Gasteiger partial charge on any atom is -0.506 e. The number of rotatable bonds is 5. The molecule has 37 heavy (non-hydrogen) atoms. The van der Waals surface area contributed by atoms with Crippen molar-refractivity contribution in [3.63, 3.8) is 0 Å². The van der Waals surface area contributed by atoms with Gasteiger partial charge in [-0.1, -0.05) is 31.9 Å². The third kappa shape index (κ3) is 5.87. The summed E-state index contributed by atoms with van der Waals surface area (Å²) in [5.74, 6) is 0.996. The maximum atomic E-state index is 10.2. The molecule has 0 amide bonds. The highest BCUT2D eigenvalue weighted by molar-refractivity contribution is 9.11. The molecule has 0 saturated carbocycles. The average Bonchev–Trinajstić information content (AvgIpc) is 3.30. The van der Waals surface area contributed by atoms with E-state index in [0.29, 0.717) is 20.1 Å². The smallest absolute Gasteiger partial charge is 0.138 e. The largest absolute Gasteiger partial charge is 0.506 e. The summed E-state index contributed by atoms with van der Waals surface area (Å²) in [6.07, 6.45) is 3.24. The Hall–Kier alpha value is -2.79. The highest BCUT2D eigenvalue weighted by Gasteiger charge is 2.09. The minimum atomic E-state index is 0.131. The molecule has 4 aromatic carbocycles. The summed E-state index contributed by atoms with van der Waals surface area (Å²) in [5.41, 5.74) is 5.25. The molecule has 6 nitrogen and oxygen atoms in total. The molecule has 10 heteroatoms. The number of aromatic amines is 1. The summed E-state index contributed by atoms with van der Waals surface area (Å²) >= 11 is 13.5. The number of imidazole rings is 1. The first-order chi connectivity index (χ1) is 17.8. The predicted octanol–water partition coefficient (Wildman–Crippen LogP) is 9.19. The summed E-state index contributed by atoms with van der Waals surface area (Å²) < 4.78 is 2.86. The normalized spacial score (nSPS) is 11.8. The van der Waals surface area contributed by atoms with Crippen LogP contribution >= 0.6 is 63.7 Å². The van der Waals surface area contributed by atoms with E-state index in [0.717, 1.165) is 42.7 Å². The molecule has 0 radical (unpaired) electrons. The second kappa shape index (κ2) is 10.9. The molecule has 0 aliphatic carbocycles. The van der Waals surface area contributed by atoms with Gasteiger partial charge in [0.15, 0.2) is 0 Å². The third-order valence-corrected chi connectivity index (χ3v) is 7.55. The topological polar surface area (TPSA) is 93.9 Å². The quantitative estimate of drug-likeness (QED) is 0.157. The fourth-order valence-electron chi connectivity index (χ4n) is 3.58. The van der Waals surface area contributed by atoms with Gasteiger partial charge >= 0.3 is 0 Å². The number of hydrogen-bond acceptors (Lipinski definition) is 5. The number of fused-ring (bicyclic) bond motifs is 1. The zero-order valence-electron chi connectivity index (χ0n) is 18.8. The van der Waals surface area contributed by atoms with E-state index in [2.05, 4.69) is 78.7 Å². The van der Waals surface area contributed by atoms with E-state index >= 15 is 0 Å². The first-order valence-corrected chi connectivity index (χ1v) is 14.0. The summed E-state index contributed by atoms with van der Waals surface area (Å²) in [6, 6.07) is 20.5. The Morgan fingerprint density at radius 3 is 1.81 bits per heavy atom. The first-order valence-electron chi connectivity index (χ1n) is 10.8. The van der Waals surface area contributed by atoms with Crippen LogP contribution in [0.5, 0.6) is 11.5 Å². The SMILES string of the molecule is Oc1c(Br)cc(Br)cc1C=Nc1ccc(-c2nc3ccc(N=Cc4cc(Br)cc(Br)c4O)cc3[nH]2)cc1. The predicted molar refractivity (Wildman–Crippen MR) is 163 cm³/mol. The van der Waals surface area contributed by atoms with E-state index in [9.17, 15) is 10.2 Å². The lowest BCUT2D eigenvalue weighted by atomic mass is 10.2.